The highest BCUT2D eigenvalue weighted by Crippen LogP contribution is 2.38. The summed E-state index contributed by atoms with van der Waals surface area (Å²) in [5, 5.41) is 5.29. The maximum Gasteiger partial charge on any atom is 0.316 e. The predicted octanol–water partition coefficient (Wildman–Crippen LogP) is 1.60. The summed E-state index contributed by atoms with van der Waals surface area (Å²) in [6.45, 7) is 1.90. The number of imide groups is 1. The van der Waals surface area contributed by atoms with E-state index in [1.165, 1.54) is 11.2 Å². The van der Waals surface area contributed by atoms with Gasteiger partial charge in [0, 0.05) is 0 Å². The molecular weight excluding hydrogens is 298 g/mol. The van der Waals surface area contributed by atoms with Crippen molar-refractivity contribution in [3.63, 3.8) is 0 Å². The van der Waals surface area contributed by atoms with Crippen molar-refractivity contribution < 1.29 is 18.8 Å². The first kappa shape index (κ1) is 15.6. The Morgan fingerprint density at radius 3 is 2.52 bits per heavy atom. The van der Waals surface area contributed by atoms with Crippen LogP contribution in [-0.4, -0.2) is 28.9 Å². The predicted molar refractivity (Wildman–Crippen MR) is 80.8 cm³/mol. The molecule has 2 N–H and O–H groups in total. The van der Waals surface area contributed by atoms with Gasteiger partial charge in [0.05, 0.1) is 24.6 Å². The molecule has 1 aliphatic carbocycles. The molecule has 1 saturated carbocycles. The van der Waals surface area contributed by atoms with Crippen LogP contribution in [0.2, 0.25) is 0 Å². The van der Waals surface area contributed by atoms with Crippen LogP contribution in [0.5, 0.6) is 0 Å². The molecule has 0 spiro atoms. The first-order chi connectivity index (χ1) is 11.1. The van der Waals surface area contributed by atoms with Gasteiger partial charge in [0.2, 0.25) is 11.8 Å². The van der Waals surface area contributed by atoms with Crippen molar-refractivity contribution in [3.8, 4) is 0 Å². The maximum absolute atomic E-state index is 12.4. The van der Waals surface area contributed by atoms with E-state index in [2.05, 4.69) is 10.6 Å². The normalized spacial score (nSPS) is 25.2. The monoisotopic (exact) mass is 319 g/mol. The van der Waals surface area contributed by atoms with Crippen LogP contribution < -0.4 is 10.6 Å². The summed E-state index contributed by atoms with van der Waals surface area (Å²) < 4.78 is 5.13. The molecule has 3 atom stereocenters. The van der Waals surface area contributed by atoms with E-state index in [9.17, 15) is 14.4 Å². The summed E-state index contributed by atoms with van der Waals surface area (Å²) >= 11 is 0. The lowest BCUT2D eigenvalue weighted by Gasteiger charge is -2.24. The number of hydrogen-bond donors (Lipinski definition) is 2. The van der Waals surface area contributed by atoms with Crippen LogP contribution in [-0.2, 0) is 16.1 Å². The Labute approximate surface area is 134 Å². The van der Waals surface area contributed by atoms with Gasteiger partial charge in [0.25, 0.3) is 0 Å². The molecule has 4 amide bonds. The third-order valence-electron chi connectivity index (χ3n) is 4.61. The molecule has 2 fully saturated rings. The van der Waals surface area contributed by atoms with Gasteiger partial charge in [-0.25, -0.2) is 4.79 Å². The zero-order valence-electron chi connectivity index (χ0n) is 13.1. The molecule has 23 heavy (non-hydrogen) atoms. The lowest BCUT2D eigenvalue weighted by Crippen LogP contribution is -2.52. The van der Waals surface area contributed by atoms with Gasteiger partial charge in [0.15, 0.2) is 0 Å². The molecule has 1 saturated heterocycles. The van der Waals surface area contributed by atoms with Crippen LogP contribution in [0.25, 0.3) is 0 Å². The molecule has 7 nitrogen and oxygen atoms in total. The summed E-state index contributed by atoms with van der Waals surface area (Å²) in [5.41, 5.74) is 0. The van der Waals surface area contributed by atoms with Gasteiger partial charge in [-0.15, -0.1) is 0 Å². The third kappa shape index (κ3) is 3.09. The van der Waals surface area contributed by atoms with Crippen molar-refractivity contribution in [1.29, 1.82) is 0 Å². The second kappa shape index (κ2) is 6.44. The van der Waals surface area contributed by atoms with Crippen molar-refractivity contribution >= 4 is 17.8 Å². The average Bonchev–Trinajstić information content (AvgIpc) is 3.13. The van der Waals surface area contributed by atoms with Crippen LogP contribution in [0, 0.1) is 11.8 Å². The summed E-state index contributed by atoms with van der Waals surface area (Å²) in [6.07, 6.45) is 4.38. The highest BCUT2D eigenvalue weighted by atomic mass is 16.3. The molecule has 0 unspecified atom stereocenters. The third-order valence-corrected chi connectivity index (χ3v) is 4.61. The number of nitrogens with zero attached hydrogens (tertiary/aromatic N) is 1. The molecule has 7 heteroatoms. The summed E-state index contributed by atoms with van der Waals surface area (Å²) in [5.74, 6) is -0.0809. The number of hydrogen-bond acceptors (Lipinski definition) is 4. The van der Waals surface area contributed by atoms with E-state index < -0.39 is 12.2 Å². The van der Waals surface area contributed by atoms with Gasteiger partial charge < -0.3 is 15.1 Å². The average molecular weight is 319 g/mol. The first-order valence-electron chi connectivity index (χ1n) is 8.01. The highest BCUT2D eigenvalue weighted by molar-refractivity contribution is 6.05. The fourth-order valence-electron chi connectivity index (χ4n) is 3.46. The smallest absolute Gasteiger partial charge is 0.316 e. The van der Waals surface area contributed by atoms with Crippen molar-refractivity contribution in [3.05, 3.63) is 24.2 Å². The molecule has 3 rings (SSSR count). The highest BCUT2D eigenvalue weighted by Gasteiger charge is 2.49. The molecule has 2 aliphatic rings. The molecule has 0 bridgehead atoms. The van der Waals surface area contributed by atoms with E-state index in [4.69, 9.17) is 4.42 Å². The number of nitrogens with one attached hydrogen (secondary N) is 2. The maximum atomic E-state index is 12.4. The number of carbonyl (C=O) groups is 3. The topological polar surface area (TPSA) is 91.7 Å². The van der Waals surface area contributed by atoms with E-state index in [-0.39, 0.29) is 30.2 Å². The van der Waals surface area contributed by atoms with Gasteiger partial charge in [-0.2, -0.15) is 0 Å². The molecule has 1 aromatic heterocycles. The Hall–Kier alpha value is -2.31. The Morgan fingerprint density at radius 1 is 1.30 bits per heavy atom. The van der Waals surface area contributed by atoms with Crippen molar-refractivity contribution in [2.45, 2.75) is 45.3 Å². The van der Waals surface area contributed by atoms with Crippen LogP contribution in [0.3, 0.4) is 0 Å². The van der Waals surface area contributed by atoms with E-state index >= 15 is 0 Å². The van der Waals surface area contributed by atoms with Gasteiger partial charge in [-0.3, -0.25) is 14.5 Å². The number of urea groups is 1. The standard InChI is InChI=1S/C16H21N3O4/c1-10(18-16(22)17-9-11-5-4-8-23-11)19-14(20)12-6-2-3-7-13(12)15(19)21/h4-5,8,10,12-13H,2-3,6-7,9H2,1H3,(H2,17,18,22)/t10-,12-,13-/m1/s1. The Bertz CT molecular complexity index is 574. The largest absolute Gasteiger partial charge is 0.467 e. The molecule has 0 radical (unpaired) electrons. The van der Waals surface area contributed by atoms with Gasteiger partial charge in [-0.05, 0) is 31.9 Å². The minimum absolute atomic E-state index is 0.154. The summed E-state index contributed by atoms with van der Waals surface area (Å²) in [4.78, 5) is 38.0. The van der Waals surface area contributed by atoms with E-state index in [0.717, 1.165) is 25.7 Å². The minimum atomic E-state index is -0.655. The number of fused-ring (bicyclic) bond motifs is 1. The van der Waals surface area contributed by atoms with E-state index in [1.807, 2.05) is 0 Å². The number of likely N-dealkylation sites (tertiary alicyclic amines) is 1. The fourth-order valence-corrected chi connectivity index (χ4v) is 3.46. The Balaban J connectivity index is 1.57. The Morgan fingerprint density at radius 2 is 1.96 bits per heavy atom. The fraction of sp³-hybridized carbons (Fsp3) is 0.562. The number of carbonyl (C=O) groups excluding carboxylic acids is 3. The van der Waals surface area contributed by atoms with E-state index in [1.54, 1.807) is 19.1 Å². The molecule has 2 heterocycles. The van der Waals surface area contributed by atoms with Crippen LogP contribution in [0.4, 0.5) is 4.79 Å². The van der Waals surface area contributed by atoms with Crippen LogP contribution in [0.1, 0.15) is 38.4 Å². The van der Waals surface area contributed by atoms with E-state index in [0.29, 0.717) is 5.76 Å². The lowest BCUT2D eigenvalue weighted by molar-refractivity contribution is -0.142. The molecule has 0 aromatic carbocycles. The zero-order chi connectivity index (χ0) is 16.4. The molecule has 1 aliphatic heterocycles. The zero-order valence-corrected chi connectivity index (χ0v) is 13.1. The van der Waals surface area contributed by atoms with Crippen LogP contribution >= 0.6 is 0 Å². The number of rotatable bonds is 4. The number of amides is 4. The molecule has 124 valence electrons. The quantitative estimate of drug-likeness (QED) is 0.825. The van der Waals surface area contributed by atoms with Gasteiger partial charge >= 0.3 is 6.03 Å². The second-order valence-electron chi connectivity index (χ2n) is 6.13. The van der Waals surface area contributed by atoms with Gasteiger partial charge in [0.1, 0.15) is 11.9 Å². The molecule has 1 aromatic rings. The molecular formula is C16H21N3O4. The Kier molecular flexibility index (Phi) is 4.36. The SMILES string of the molecule is C[C@H](NC(=O)NCc1ccco1)N1C(=O)[C@@H]2CCCC[C@H]2C1=O. The number of furan rings is 1. The minimum Gasteiger partial charge on any atom is -0.467 e. The van der Waals surface area contributed by atoms with Gasteiger partial charge in [-0.1, -0.05) is 12.8 Å². The first-order valence-corrected chi connectivity index (χ1v) is 8.01. The second-order valence-corrected chi connectivity index (χ2v) is 6.13. The van der Waals surface area contributed by atoms with Crippen molar-refractivity contribution in [2.24, 2.45) is 11.8 Å². The van der Waals surface area contributed by atoms with Crippen molar-refractivity contribution in [1.82, 2.24) is 15.5 Å². The van der Waals surface area contributed by atoms with Crippen LogP contribution in [0.15, 0.2) is 22.8 Å². The summed E-state index contributed by atoms with van der Waals surface area (Å²) in [6, 6.07) is 3.05. The summed E-state index contributed by atoms with van der Waals surface area (Å²) in [7, 11) is 0. The lowest BCUT2D eigenvalue weighted by atomic mass is 9.81. The van der Waals surface area contributed by atoms with Crippen molar-refractivity contribution in [2.75, 3.05) is 0 Å².